The Labute approximate surface area is 75.9 Å². The van der Waals surface area contributed by atoms with Gasteiger partial charge in [0.2, 0.25) is 5.91 Å². The van der Waals surface area contributed by atoms with E-state index in [2.05, 4.69) is 10.4 Å². The van der Waals surface area contributed by atoms with Gasteiger partial charge in [-0.15, -0.1) is 0 Å². The number of fused-ring (bicyclic) bond motifs is 1. The van der Waals surface area contributed by atoms with Crippen LogP contribution < -0.4 is 11.1 Å². The van der Waals surface area contributed by atoms with E-state index in [-0.39, 0.29) is 11.9 Å². The number of primary amides is 1. The average molecular weight is 180 g/mol. The molecule has 0 bridgehead atoms. The van der Waals surface area contributed by atoms with Gasteiger partial charge in [0.1, 0.15) is 6.04 Å². The fraction of sp³-hybridized carbons (Fsp3) is 0.500. The quantitative estimate of drug-likeness (QED) is 0.587. The number of rotatable bonds is 1. The third kappa shape index (κ3) is 1.21. The van der Waals surface area contributed by atoms with Crippen molar-refractivity contribution in [2.45, 2.75) is 12.5 Å². The Bertz CT molecular complexity index is 344. The van der Waals surface area contributed by atoms with Crippen molar-refractivity contribution in [1.29, 1.82) is 0 Å². The molecule has 2 rings (SSSR count). The molecule has 1 aromatic rings. The molecular formula is C8H12N4O. The number of carbonyl (C=O) groups is 1. The molecule has 0 saturated heterocycles. The molecule has 13 heavy (non-hydrogen) atoms. The predicted molar refractivity (Wildman–Crippen MR) is 46.9 cm³/mol. The Morgan fingerprint density at radius 3 is 3.31 bits per heavy atom. The molecule has 5 heteroatoms. The van der Waals surface area contributed by atoms with Gasteiger partial charge in [-0.25, -0.2) is 0 Å². The summed E-state index contributed by atoms with van der Waals surface area (Å²) < 4.78 is 1.80. The van der Waals surface area contributed by atoms with E-state index in [9.17, 15) is 4.79 Å². The lowest BCUT2D eigenvalue weighted by Crippen LogP contribution is -2.38. The highest BCUT2D eigenvalue weighted by atomic mass is 16.1. The standard InChI is InChI=1S/C8H12N4O/c1-12-6-2-3-10-7(8(9)13)5(6)4-11-12/h4,7,10H,2-3H2,1H3,(H2,9,13). The van der Waals surface area contributed by atoms with Gasteiger partial charge in [0, 0.05) is 31.3 Å². The molecule has 5 nitrogen and oxygen atoms in total. The van der Waals surface area contributed by atoms with Crippen molar-refractivity contribution in [2.75, 3.05) is 6.54 Å². The first-order valence-electron chi connectivity index (χ1n) is 4.23. The van der Waals surface area contributed by atoms with Gasteiger partial charge in [-0.05, 0) is 0 Å². The first-order chi connectivity index (χ1) is 6.20. The van der Waals surface area contributed by atoms with Crippen LogP contribution in [-0.2, 0) is 18.3 Å². The van der Waals surface area contributed by atoms with E-state index in [0.717, 1.165) is 24.2 Å². The largest absolute Gasteiger partial charge is 0.368 e. The number of hydrogen-bond donors (Lipinski definition) is 2. The van der Waals surface area contributed by atoms with Crippen molar-refractivity contribution in [1.82, 2.24) is 15.1 Å². The highest BCUT2D eigenvalue weighted by molar-refractivity contribution is 5.82. The summed E-state index contributed by atoms with van der Waals surface area (Å²) in [6.07, 6.45) is 2.60. The fourth-order valence-corrected chi connectivity index (χ4v) is 1.73. The van der Waals surface area contributed by atoms with Gasteiger partial charge in [-0.1, -0.05) is 0 Å². The van der Waals surface area contributed by atoms with Crippen LogP contribution in [0.3, 0.4) is 0 Å². The molecule has 0 radical (unpaired) electrons. The summed E-state index contributed by atoms with van der Waals surface area (Å²) in [5.74, 6) is -0.339. The van der Waals surface area contributed by atoms with Crippen LogP contribution in [0.2, 0.25) is 0 Å². The van der Waals surface area contributed by atoms with Crippen LogP contribution in [-0.4, -0.2) is 22.2 Å². The first-order valence-corrected chi connectivity index (χ1v) is 4.23. The van der Waals surface area contributed by atoms with E-state index in [1.807, 2.05) is 7.05 Å². The van der Waals surface area contributed by atoms with Crippen molar-refractivity contribution >= 4 is 5.91 Å². The molecule has 1 atom stereocenters. The Kier molecular flexibility index (Phi) is 1.81. The fourth-order valence-electron chi connectivity index (χ4n) is 1.73. The second-order valence-electron chi connectivity index (χ2n) is 3.21. The Morgan fingerprint density at radius 2 is 2.62 bits per heavy atom. The van der Waals surface area contributed by atoms with Crippen LogP contribution in [0, 0.1) is 0 Å². The van der Waals surface area contributed by atoms with Crippen LogP contribution in [0.15, 0.2) is 6.20 Å². The van der Waals surface area contributed by atoms with E-state index in [1.165, 1.54) is 0 Å². The number of nitrogens with zero attached hydrogens (tertiary/aromatic N) is 2. The minimum absolute atomic E-state index is 0.339. The maximum Gasteiger partial charge on any atom is 0.239 e. The zero-order chi connectivity index (χ0) is 9.42. The van der Waals surface area contributed by atoms with Gasteiger partial charge >= 0.3 is 0 Å². The number of amides is 1. The van der Waals surface area contributed by atoms with Gasteiger partial charge in [-0.3, -0.25) is 9.48 Å². The second kappa shape index (κ2) is 2.85. The molecule has 70 valence electrons. The summed E-state index contributed by atoms with van der Waals surface area (Å²) >= 11 is 0. The number of aryl methyl sites for hydroxylation is 1. The molecule has 1 amide bonds. The molecule has 0 fully saturated rings. The molecule has 1 unspecified atom stereocenters. The number of nitrogens with one attached hydrogen (secondary N) is 1. The normalized spacial score (nSPS) is 21.2. The van der Waals surface area contributed by atoms with Crippen molar-refractivity contribution < 1.29 is 4.79 Å². The zero-order valence-corrected chi connectivity index (χ0v) is 7.45. The van der Waals surface area contributed by atoms with E-state index in [1.54, 1.807) is 10.9 Å². The highest BCUT2D eigenvalue weighted by Gasteiger charge is 2.26. The van der Waals surface area contributed by atoms with E-state index < -0.39 is 0 Å². The number of nitrogens with two attached hydrogens (primary N) is 1. The number of aromatic nitrogens is 2. The Balaban J connectivity index is 2.43. The van der Waals surface area contributed by atoms with Gasteiger partial charge < -0.3 is 11.1 Å². The molecular weight excluding hydrogens is 168 g/mol. The zero-order valence-electron chi connectivity index (χ0n) is 7.45. The van der Waals surface area contributed by atoms with Crippen LogP contribution >= 0.6 is 0 Å². The Morgan fingerprint density at radius 1 is 1.85 bits per heavy atom. The van der Waals surface area contributed by atoms with Gasteiger partial charge in [-0.2, -0.15) is 5.10 Å². The summed E-state index contributed by atoms with van der Waals surface area (Å²) in [5, 5.41) is 7.16. The van der Waals surface area contributed by atoms with Crippen LogP contribution in [0.1, 0.15) is 17.3 Å². The van der Waals surface area contributed by atoms with Gasteiger partial charge in [0.05, 0.1) is 6.20 Å². The summed E-state index contributed by atoms with van der Waals surface area (Å²) in [6, 6.07) is -0.363. The third-order valence-corrected chi connectivity index (χ3v) is 2.40. The topological polar surface area (TPSA) is 72.9 Å². The molecule has 1 aliphatic rings. The summed E-state index contributed by atoms with van der Waals surface area (Å²) in [4.78, 5) is 11.0. The predicted octanol–water partition coefficient (Wildman–Crippen LogP) is -0.908. The van der Waals surface area contributed by atoms with Crippen LogP contribution in [0.4, 0.5) is 0 Å². The molecule has 0 aromatic carbocycles. The van der Waals surface area contributed by atoms with Crippen molar-refractivity contribution in [2.24, 2.45) is 12.8 Å². The molecule has 0 saturated carbocycles. The summed E-state index contributed by atoms with van der Waals surface area (Å²) in [6.45, 7) is 0.778. The van der Waals surface area contributed by atoms with Crippen LogP contribution in [0.25, 0.3) is 0 Å². The molecule has 1 aliphatic heterocycles. The van der Waals surface area contributed by atoms with E-state index >= 15 is 0 Å². The SMILES string of the molecule is Cn1ncc2c1CCNC2C(N)=O. The van der Waals surface area contributed by atoms with Gasteiger partial charge in [0.15, 0.2) is 0 Å². The number of hydrogen-bond acceptors (Lipinski definition) is 3. The molecule has 0 spiro atoms. The van der Waals surface area contributed by atoms with E-state index in [4.69, 9.17) is 5.73 Å². The van der Waals surface area contributed by atoms with Crippen molar-refractivity contribution in [3.8, 4) is 0 Å². The lowest BCUT2D eigenvalue weighted by molar-refractivity contribution is -0.120. The molecule has 0 aliphatic carbocycles. The van der Waals surface area contributed by atoms with E-state index in [0.29, 0.717) is 0 Å². The highest BCUT2D eigenvalue weighted by Crippen LogP contribution is 2.21. The maximum absolute atomic E-state index is 11.0. The Hall–Kier alpha value is -1.36. The molecule has 2 heterocycles. The second-order valence-corrected chi connectivity index (χ2v) is 3.21. The lowest BCUT2D eigenvalue weighted by atomic mass is 10.0. The minimum Gasteiger partial charge on any atom is -0.368 e. The molecule has 1 aromatic heterocycles. The lowest BCUT2D eigenvalue weighted by Gasteiger charge is -2.21. The smallest absolute Gasteiger partial charge is 0.239 e. The maximum atomic E-state index is 11.0. The molecule has 3 N–H and O–H groups in total. The summed E-state index contributed by atoms with van der Waals surface area (Å²) in [7, 11) is 1.88. The summed E-state index contributed by atoms with van der Waals surface area (Å²) in [5.41, 5.74) is 7.27. The first kappa shape index (κ1) is 8.25. The van der Waals surface area contributed by atoms with Crippen molar-refractivity contribution in [3.63, 3.8) is 0 Å². The van der Waals surface area contributed by atoms with Crippen LogP contribution in [0.5, 0.6) is 0 Å². The van der Waals surface area contributed by atoms with Gasteiger partial charge in [0.25, 0.3) is 0 Å². The monoisotopic (exact) mass is 180 g/mol. The van der Waals surface area contributed by atoms with Crippen molar-refractivity contribution in [3.05, 3.63) is 17.5 Å². The number of carbonyl (C=O) groups excluding carboxylic acids is 1. The third-order valence-electron chi connectivity index (χ3n) is 2.40. The average Bonchev–Trinajstić information content (AvgIpc) is 2.48. The minimum atomic E-state index is -0.363.